The van der Waals surface area contributed by atoms with Gasteiger partial charge in [0.15, 0.2) is 0 Å². The summed E-state index contributed by atoms with van der Waals surface area (Å²) in [4.78, 5) is 6.80. The Morgan fingerprint density at radius 3 is 2.94 bits per heavy atom. The minimum Gasteiger partial charge on any atom is -0.371 e. The number of aromatic nitrogens is 1. The van der Waals surface area contributed by atoms with Crippen LogP contribution in [0.5, 0.6) is 0 Å². The van der Waals surface area contributed by atoms with Crippen LogP contribution in [0, 0.1) is 11.8 Å². The van der Waals surface area contributed by atoms with Crippen molar-refractivity contribution in [2.45, 2.75) is 27.2 Å². The standard InChI is InChI=1S/C14H23N3/c1-4-15-14-9-13(5-7-16-14)17-8-6-11(2)12(3)10-17/h5,7,9,11-12H,4,6,8,10H2,1-3H3,(H,15,16). The molecule has 3 nitrogen and oxygen atoms in total. The molecular formula is C14H23N3. The van der Waals surface area contributed by atoms with Crippen LogP contribution in [0.25, 0.3) is 0 Å². The molecule has 1 aliphatic heterocycles. The van der Waals surface area contributed by atoms with E-state index in [1.807, 2.05) is 6.20 Å². The number of hydrogen-bond donors (Lipinski definition) is 1. The molecule has 1 aliphatic rings. The van der Waals surface area contributed by atoms with Gasteiger partial charge in [0.05, 0.1) is 0 Å². The van der Waals surface area contributed by atoms with Crippen molar-refractivity contribution in [2.24, 2.45) is 11.8 Å². The Balaban J connectivity index is 2.09. The Bertz CT molecular complexity index is 364. The Morgan fingerprint density at radius 2 is 2.24 bits per heavy atom. The van der Waals surface area contributed by atoms with Gasteiger partial charge in [0.25, 0.3) is 0 Å². The Morgan fingerprint density at radius 1 is 1.41 bits per heavy atom. The number of anilines is 2. The first-order valence-corrected chi connectivity index (χ1v) is 6.65. The first-order chi connectivity index (χ1) is 8.20. The summed E-state index contributed by atoms with van der Waals surface area (Å²) in [5.41, 5.74) is 1.30. The summed E-state index contributed by atoms with van der Waals surface area (Å²) in [7, 11) is 0. The number of piperidine rings is 1. The minimum absolute atomic E-state index is 0.777. The number of hydrogen-bond acceptors (Lipinski definition) is 3. The van der Waals surface area contributed by atoms with E-state index >= 15 is 0 Å². The second kappa shape index (κ2) is 5.39. The average Bonchev–Trinajstić information content (AvgIpc) is 2.33. The molecule has 1 aromatic rings. The lowest BCUT2D eigenvalue weighted by atomic mass is 9.88. The van der Waals surface area contributed by atoms with Gasteiger partial charge in [-0.2, -0.15) is 0 Å². The van der Waals surface area contributed by atoms with Crippen LogP contribution in [0.15, 0.2) is 18.3 Å². The molecule has 0 amide bonds. The number of rotatable bonds is 3. The van der Waals surface area contributed by atoms with Gasteiger partial charge in [-0.25, -0.2) is 4.98 Å². The van der Waals surface area contributed by atoms with E-state index in [0.29, 0.717) is 0 Å². The van der Waals surface area contributed by atoms with Gasteiger partial charge in [-0.1, -0.05) is 13.8 Å². The molecule has 1 fully saturated rings. The van der Waals surface area contributed by atoms with Gasteiger partial charge in [-0.3, -0.25) is 0 Å². The van der Waals surface area contributed by atoms with Crippen molar-refractivity contribution < 1.29 is 0 Å². The van der Waals surface area contributed by atoms with Gasteiger partial charge >= 0.3 is 0 Å². The van der Waals surface area contributed by atoms with Crippen LogP contribution in [-0.4, -0.2) is 24.6 Å². The van der Waals surface area contributed by atoms with E-state index in [0.717, 1.165) is 30.7 Å². The SMILES string of the molecule is CCNc1cc(N2CCC(C)C(C)C2)ccn1. The molecule has 94 valence electrons. The molecule has 0 aliphatic carbocycles. The molecule has 3 heteroatoms. The van der Waals surface area contributed by atoms with Gasteiger partial charge in [-0.15, -0.1) is 0 Å². The fraction of sp³-hybridized carbons (Fsp3) is 0.643. The molecule has 0 saturated carbocycles. The van der Waals surface area contributed by atoms with E-state index in [-0.39, 0.29) is 0 Å². The van der Waals surface area contributed by atoms with Gasteiger partial charge in [0, 0.05) is 37.6 Å². The summed E-state index contributed by atoms with van der Waals surface area (Å²) in [5, 5.41) is 3.27. The van der Waals surface area contributed by atoms with Crippen molar-refractivity contribution >= 4 is 11.5 Å². The van der Waals surface area contributed by atoms with Gasteiger partial charge in [0.1, 0.15) is 5.82 Å². The fourth-order valence-electron chi connectivity index (χ4n) is 2.39. The van der Waals surface area contributed by atoms with Crippen LogP contribution in [0.3, 0.4) is 0 Å². The summed E-state index contributed by atoms with van der Waals surface area (Å²) in [6, 6.07) is 4.27. The fourth-order valence-corrected chi connectivity index (χ4v) is 2.39. The molecule has 1 saturated heterocycles. The number of pyridine rings is 1. The second-order valence-electron chi connectivity index (χ2n) is 5.12. The highest BCUT2D eigenvalue weighted by Crippen LogP contribution is 2.27. The van der Waals surface area contributed by atoms with Crippen molar-refractivity contribution in [3.05, 3.63) is 18.3 Å². The molecule has 2 heterocycles. The summed E-state index contributed by atoms with van der Waals surface area (Å²) in [6.45, 7) is 10.1. The Labute approximate surface area is 104 Å². The van der Waals surface area contributed by atoms with Gasteiger partial charge < -0.3 is 10.2 Å². The lowest BCUT2D eigenvalue weighted by Gasteiger charge is -2.36. The van der Waals surface area contributed by atoms with Crippen LogP contribution >= 0.6 is 0 Å². The van der Waals surface area contributed by atoms with Crippen LogP contribution in [-0.2, 0) is 0 Å². The van der Waals surface area contributed by atoms with Crippen LogP contribution in [0.1, 0.15) is 27.2 Å². The molecule has 0 aromatic carbocycles. The van der Waals surface area contributed by atoms with Crippen molar-refractivity contribution in [3.63, 3.8) is 0 Å². The third-order valence-electron chi connectivity index (χ3n) is 3.80. The van der Waals surface area contributed by atoms with E-state index in [1.54, 1.807) is 0 Å². The normalized spacial score (nSPS) is 24.8. The highest BCUT2D eigenvalue weighted by atomic mass is 15.1. The van der Waals surface area contributed by atoms with Crippen molar-refractivity contribution in [2.75, 3.05) is 29.9 Å². The monoisotopic (exact) mass is 233 g/mol. The third-order valence-corrected chi connectivity index (χ3v) is 3.80. The predicted molar refractivity (Wildman–Crippen MR) is 73.6 cm³/mol. The maximum absolute atomic E-state index is 4.32. The zero-order valence-corrected chi connectivity index (χ0v) is 11.1. The molecule has 17 heavy (non-hydrogen) atoms. The van der Waals surface area contributed by atoms with E-state index in [1.165, 1.54) is 18.7 Å². The van der Waals surface area contributed by atoms with Crippen molar-refractivity contribution in [1.29, 1.82) is 0 Å². The molecular weight excluding hydrogens is 210 g/mol. The summed E-state index contributed by atoms with van der Waals surface area (Å²) < 4.78 is 0. The lowest BCUT2D eigenvalue weighted by molar-refractivity contribution is 0.324. The smallest absolute Gasteiger partial charge is 0.127 e. The highest BCUT2D eigenvalue weighted by Gasteiger charge is 2.22. The van der Waals surface area contributed by atoms with E-state index in [4.69, 9.17) is 0 Å². The van der Waals surface area contributed by atoms with Crippen molar-refractivity contribution in [3.8, 4) is 0 Å². The molecule has 0 bridgehead atoms. The summed E-state index contributed by atoms with van der Waals surface area (Å²) >= 11 is 0. The highest BCUT2D eigenvalue weighted by molar-refractivity contribution is 5.54. The van der Waals surface area contributed by atoms with Gasteiger partial charge in [0.2, 0.25) is 0 Å². The molecule has 1 N–H and O–H groups in total. The molecule has 2 atom stereocenters. The topological polar surface area (TPSA) is 28.2 Å². The second-order valence-corrected chi connectivity index (χ2v) is 5.12. The molecule has 2 rings (SSSR count). The zero-order valence-electron chi connectivity index (χ0n) is 11.1. The Hall–Kier alpha value is -1.25. The quantitative estimate of drug-likeness (QED) is 0.870. The summed E-state index contributed by atoms with van der Waals surface area (Å²) in [6.07, 6.45) is 3.19. The zero-order chi connectivity index (χ0) is 12.3. The molecule has 1 aromatic heterocycles. The van der Waals surface area contributed by atoms with Gasteiger partial charge in [-0.05, 0) is 31.2 Å². The molecule has 0 spiro atoms. The minimum atomic E-state index is 0.777. The lowest BCUT2D eigenvalue weighted by Crippen LogP contribution is -2.38. The average molecular weight is 233 g/mol. The largest absolute Gasteiger partial charge is 0.371 e. The van der Waals surface area contributed by atoms with Crippen LogP contribution < -0.4 is 10.2 Å². The number of nitrogens with zero attached hydrogens (tertiary/aromatic N) is 2. The molecule has 2 unspecified atom stereocenters. The summed E-state index contributed by atoms with van der Waals surface area (Å²) in [5.74, 6) is 2.61. The first kappa shape index (κ1) is 12.2. The van der Waals surface area contributed by atoms with E-state index in [2.05, 4.69) is 48.1 Å². The van der Waals surface area contributed by atoms with E-state index < -0.39 is 0 Å². The number of nitrogens with one attached hydrogen (secondary N) is 1. The molecule has 0 radical (unpaired) electrons. The first-order valence-electron chi connectivity index (χ1n) is 6.65. The predicted octanol–water partition coefficient (Wildman–Crippen LogP) is 3.00. The van der Waals surface area contributed by atoms with Crippen LogP contribution in [0.2, 0.25) is 0 Å². The van der Waals surface area contributed by atoms with Crippen molar-refractivity contribution in [1.82, 2.24) is 4.98 Å². The maximum Gasteiger partial charge on any atom is 0.127 e. The Kier molecular flexibility index (Phi) is 3.87. The van der Waals surface area contributed by atoms with E-state index in [9.17, 15) is 0 Å². The maximum atomic E-state index is 4.32. The third kappa shape index (κ3) is 2.90. The van der Waals surface area contributed by atoms with Crippen LogP contribution in [0.4, 0.5) is 11.5 Å².